The lowest BCUT2D eigenvalue weighted by molar-refractivity contribution is 0.195. The predicted octanol–water partition coefficient (Wildman–Crippen LogP) is 2.24. The molecular formula is C11H13NO2. The summed E-state index contributed by atoms with van der Waals surface area (Å²) in [6.45, 7) is 3.57. The van der Waals surface area contributed by atoms with Crippen LogP contribution in [0.15, 0.2) is 18.2 Å². The minimum absolute atomic E-state index is 0.168. The number of aromatic amines is 1. The van der Waals surface area contributed by atoms with Crippen LogP contribution in [0.4, 0.5) is 0 Å². The SMILES string of the molecule is Cc1cc2c(O)c(C(C)O)ccc2[nH]1. The third-order valence-corrected chi connectivity index (χ3v) is 2.39. The smallest absolute Gasteiger partial charge is 0.130 e. The summed E-state index contributed by atoms with van der Waals surface area (Å²) in [5.41, 5.74) is 2.46. The summed E-state index contributed by atoms with van der Waals surface area (Å²) in [6.07, 6.45) is -0.644. The Labute approximate surface area is 82.0 Å². The number of hydrogen-bond acceptors (Lipinski definition) is 2. The molecule has 2 rings (SSSR count). The number of phenols is 1. The van der Waals surface area contributed by atoms with Gasteiger partial charge in [0.1, 0.15) is 5.75 Å². The number of H-pyrrole nitrogens is 1. The van der Waals surface area contributed by atoms with Gasteiger partial charge in [-0.25, -0.2) is 0 Å². The Balaban J connectivity index is 2.74. The van der Waals surface area contributed by atoms with Gasteiger partial charge in [-0.3, -0.25) is 0 Å². The first-order valence-electron chi connectivity index (χ1n) is 4.59. The van der Waals surface area contributed by atoms with Crippen molar-refractivity contribution in [3.8, 4) is 5.75 Å². The molecule has 0 bridgehead atoms. The van der Waals surface area contributed by atoms with E-state index in [4.69, 9.17) is 0 Å². The van der Waals surface area contributed by atoms with Crippen molar-refractivity contribution in [1.29, 1.82) is 0 Å². The molecule has 1 heterocycles. The molecule has 0 saturated carbocycles. The number of phenolic OH excluding ortho intramolecular Hbond substituents is 1. The number of benzene rings is 1. The Hall–Kier alpha value is -1.48. The van der Waals surface area contributed by atoms with Crippen molar-refractivity contribution in [2.24, 2.45) is 0 Å². The maximum atomic E-state index is 9.85. The highest BCUT2D eigenvalue weighted by molar-refractivity contribution is 5.87. The average Bonchev–Trinajstić information content (AvgIpc) is 2.46. The number of aryl methyl sites for hydroxylation is 1. The van der Waals surface area contributed by atoms with Crippen molar-refractivity contribution in [3.63, 3.8) is 0 Å². The van der Waals surface area contributed by atoms with Crippen LogP contribution in [0, 0.1) is 6.92 Å². The van der Waals surface area contributed by atoms with E-state index in [1.54, 1.807) is 13.0 Å². The number of fused-ring (bicyclic) bond motifs is 1. The molecule has 2 aromatic rings. The van der Waals surface area contributed by atoms with Gasteiger partial charge in [-0.2, -0.15) is 0 Å². The number of nitrogens with one attached hydrogen (secondary N) is 1. The van der Waals surface area contributed by atoms with E-state index in [0.29, 0.717) is 5.56 Å². The van der Waals surface area contributed by atoms with E-state index in [9.17, 15) is 10.2 Å². The first-order valence-corrected chi connectivity index (χ1v) is 4.59. The third-order valence-electron chi connectivity index (χ3n) is 2.39. The molecule has 0 aliphatic carbocycles. The second-order valence-electron chi connectivity index (χ2n) is 3.59. The molecule has 0 aliphatic heterocycles. The van der Waals surface area contributed by atoms with Crippen LogP contribution in [-0.4, -0.2) is 15.2 Å². The second-order valence-corrected chi connectivity index (χ2v) is 3.59. The van der Waals surface area contributed by atoms with Gasteiger partial charge in [-0.15, -0.1) is 0 Å². The Morgan fingerprint density at radius 2 is 2.07 bits per heavy atom. The average molecular weight is 191 g/mol. The van der Waals surface area contributed by atoms with Gasteiger partial charge in [0.25, 0.3) is 0 Å². The molecule has 1 unspecified atom stereocenters. The van der Waals surface area contributed by atoms with Crippen LogP contribution >= 0.6 is 0 Å². The molecule has 3 heteroatoms. The summed E-state index contributed by atoms with van der Waals surface area (Å²) >= 11 is 0. The van der Waals surface area contributed by atoms with Crippen LogP contribution in [0.5, 0.6) is 5.75 Å². The second kappa shape index (κ2) is 3.03. The number of aliphatic hydroxyl groups excluding tert-OH is 1. The number of rotatable bonds is 1. The van der Waals surface area contributed by atoms with Gasteiger partial charge in [0.05, 0.1) is 6.10 Å². The third kappa shape index (κ3) is 1.26. The number of hydrogen-bond donors (Lipinski definition) is 3. The lowest BCUT2D eigenvalue weighted by Gasteiger charge is -2.07. The van der Waals surface area contributed by atoms with E-state index in [2.05, 4.69) is 4.98 Å². The minimum Gasteiger partial charge on any atom is -0.507 e. The van der Waals surface area contributed by atoms with Crippen LogP contribution in [-0.2, 0) is 0 Å². The highest BCUT2D eigenvalue weighted by Gasteiger charge is 2.11. The van der Waals surface area contributed by atoms with Gasteiger partial charge >= 0.3 is 0 Å². The Morgan fingerprint density at radius 3 is 2.71 bits per heavy atom. The fourth-order valence-corrected chi connectivity index (χ4v) is 1.68. The molecule has 1 aromatic heterocycles. The fraction of sp³-hybridized carbons (Fsp3) is 0.273. The molecule has 1 aromatic carbocycles. The van der Waals surface area contributed by atoms with Crippen LogP contribution in [0.25, 0.3) is 10.9 Å². The Bertz CT molecular complexity index is 471. The molecule has 0 radical (unpaired) electrons. The molecule has 0 spiro atoms. The van der Waals surface area contributed by atoms with Crippen molar-refractivity contribution in [2.75, 3.05) is 0 Å². The van der Waals surface area contributed by atoms with Gasteiger partial charge in [0, 0.05) is 22.2 Å². The van der Waals surface area contributed by atoms with Gasteiger partial charge < -0.3 is 15.2 Å². The van der Waals surface area contributed by atoms with Gasteiger partial charge in [-0.1, -0.05) is 6.07 Å². The minimum atomic E-state index is -0.644. The zero-order valence-electron chi connectivity index (χ0n) is 8.20. The lowest BCUT2D eigenvalue weighted by atomic mass is 10.1. The maximum absolute atomic E-state index is 9.85. The van der Waals surface area contributed by atoms with E-state index in [1.165, 1.54) is 0 Å². The molecule has 0 amide bonds. The van der Waals surface area contributed by atoms with Crippen molar-refractivity contribution in [3.05, 3.63) is 29.5 Å². The first-order chi connectivity index (χ1) is 6.59. The summed E-state index contributed by atoms with van der Waals surface area (Å²) < 4.78 is 0. The van der Waals surface area contributed by atoms with E-state index in [-0.39, 0.29) is 5.75 Å². The van der Waals surface area contributed by atoms with Crippen LogP contribution < -0.4 is 0 Å². The maximum Gasteiger partial charge on any atom is 0.130 e. The molecule has 3 nitrogen and oxygen atoms in total. The number of aliphatic hydroxyl groups is 1. The lowest BCUT2D eigenvalue weighted by Crippen LogP contribution is -1.91. The molecule has 0 aliphatic rings. The Kier molecular flexibility index (Phi) is 1.97. The van der Waals surface area contributed by atoms with Crippen molar-refractivity contribution < 1.29 is 10.2 Å². The fourth-order valence-electron chi connectivity index (χ4n) is 1.68. The number of aromatic hydroxyl groups is 1. The van der Waals surface area contributed by atoms with Crippen LogP contribution in [0.2, 0.25) is 0 Å². The molecule has 14 heavy (non-hydrogen) atoms. The van der Waals surface area contributed by atoms with Crippen LogP contribution in [0.1, 0.15) is 24.3 Å². The van der Waals surface area contributed by atoms with E-state index < -0.39 is 6.10 Å². The van der Waals surface area contributed by atoms with Crippen LogP contribution in [0.3, 0.4) is 0 Å². The van der Waals surface area contributed by atoms with Crippen molar-refractivity contribution in [1.82, 2.24) is 4.98 Å². The quantitative estimate of drug-likeness (QED) is 0.647. The van der Waals surface area contributed by atoms with E-state index >= 15 is 0 Å². The summed E-state index contributed by atoms with van der Waals surface area (Å²) in [7, 11) is 0. The summed E-state index contributed by atoms with van der Waals surface area (Å²) in [6, 6.07) is 5.47. The zero-order chi connectivity index (χ0) is 10.3. The topological polar surface area (TPSA) is 56.2 Å². The molecule has 3 N–H and O–H groups in total. The van der Waals surface area contributed by atoms with Crippen molar-refractivity contribution in [2.45, 2.75) is 20.0 Å². The Morgan fingerprint density at radius 1 is 1.36 bits per heavy atom. The zero-order valence-corrected chi connectivity index (χ0v) is 8.20. The number of aromatic nitrogens is 1. The summed E-state index contributed by atoms with van der Waals surface area (Å²) in [5, 5.41) is 20.0. The first kappa shape index (κ1) is 9.09. The van der Waals surface area contributed by atoms with Gasteiger partial charge in [0.15, 0.2) is 0 Å². The monoisotopic (exact) mass is 191 g/mol. The molecule has 0 fully saturated rings. The predicted molar refractivity (Wildman–Crippen MR) is 55.3 cm³/mol. The van der Waals surface area contributed by atoms with E-state index in [0.717, 1.165) is 16.6 Å². The molecule has 1 atom stereocenters. The summed E-state index contributed by atoms with van der Waals surface area (Å²) in [4.78, 5) is 3.12. The van der Waals surface area contributed by atoms with Gasteiger partial charge in [0.2, 0.25) is 0 Å². The largest absolute Gasteiger partial charge is 0.507 e. The van der Waals surface area contributed by atoms with E-state index in [1.807, 2.05) is 19.1 Å². The standard InChI is InChI=1S/C11H13NO2/c1-6-5-9-10(12-6)4-3-8(7(2)13)11(9)14/h3-5,7,12-14H,1-2H3. The summed E-state index contributed by atoms with van der Waals surface area (Å²) in [5.74, 6) is 0.168. The highest BCUT2D eigenvalue weighted by atomic mass is 16.3. The molecule has 0 saturated heterocycles. The van der Waals surface area contributed by atoms with Gasteiger partial charge in [-0.05, 0) is 26.0 Å². The molecular weight excluding hydrogens is 178 g/mol. The molecule has 74 valence electrons. The highest BCUT2D eigenvalue weighted by Crippen LogP contribution is 2.32. The normalized spacial score (nSPS) is 13.4. The van der Waals surface area contributed by atoms with Crippen molar-refractivity contribution >= 4 is 10.9 Å².